The highest BCUT2D eigenvalue weighted by atomic mass is 32.2. The van der Waals surface area contributed by atoms with Gasteiger partial charge in [0.15, 0.2) is 0 Å². The molecule has 35 heavy (non-hydrogen) atoms. The van der Waals surface area contributed by atoms with Crippen LogP contribution < -0.4 is 11.0 Å². The standard InChI is InChI=1S/C23H25F3N4O4S/c24-23(25,26)17-7-6-8-18(15-17)35(33,34)30-20-10-3-2-9-19(20)29(22(30)32)16-21(31)27-11-14-28-12-4-1-5-13-28/h2-3,6-10,15H,1,4-5,11-14,16H2,(H,27,31). The summed E-state index contributed by atoms with van der Waals surface area (Å²) in [5, 5.41) is 2.75. The van der Waals surface area contributed by atoms with Gasteiger partial charge in [-0.15, -0.1) is 0 Å². The van der Waals surface area contributed by atoms with E-state index in [2.05, 4.69) is 10.2 Å². The van der Waals surface area contributed by atoms with E-state index in [0.717, 1.165) is 48.7 Å². The lowest BCUT2D eigenvalue weighted by molar-refractivity contribution is -0.137. The van der Waals surface area contributed by atoms with Crippen molar-refractivity contribution >= 4 is 27.0 Å². The molecule has 4 rings (SSSR count). The van der Waals surface area contributed by atoms with E-state index < -0.39 is 44.8 Å². The van der Waals surface area contributed by atoms with Crippen LogP contribution in [0.15, 0.2) is 58.2 Å². The third-order valence-corrected chi connectivity index (χ3v) is 7.68. The Kier molecular flexibility index (Phi) is 7.04. The van der Waals surface area contributed by atoms with Crippen molar-refractivity contribution in [1.82, 2.24) is 18.8 Å². The van der Waals surface area contributed by atoms with Crippen LogP contribution in [0.4, 0.5) is 13.2 Å². The Labute approximate surface area is 200 Å². The van der Waals surface area contributed by atoms with E-state index in [4.69, 9.17) is 0 Å². The van der Waals surface area contributed by atoms with Gasteiger partial charge in [-0.05, 0) is 56.3 Å². The van der Waals surface area contributed by atoms with Gasteiger partial charge < -0.3 is 10.2 Å². The molecular weight excluding hydrogens is 485 g/mol. The molecule has 0 spiro atoms. The second kappa shape index (κ2) is 9.86. The molecule has 1 aliphatic heterocycles. The molecule has 0 atom stereocenters. The van der Waals surface area contributed by atoms with Crippen LogP contribution >= 0.6 is 0 Å². The summed E-state index contributed by atoms with van der Waals surface area (Å²) in [6.45, 7) is 2.57. The number of fused-ring (bicyclic) bond motifs is 1. The van der Waals surface area contributed by atoms with Gasteiger partial charge in [-0.1, -0.05) is 24.6 Å². The molecule has 0 aliphatic carbocycles. The first-order valence-electron chi connectivity index (χ1n) is 11.2. The van der Waals surface area contributed by atoms with Crippen LogP contribution in [0, 0.1) is 0 Å². The van der Waals surface area contributed by atoms with Gasteiger partial charge in [0.05, 0.1) is 21.5 Å². The number of nitrogens with one attached hydrogen (secondary N) is 1. The Morgan fingerprint density at radius 1 is 0.971 bits per heavy atom. The molecule has 12 heteroatoms. The lowest BCUT2D eigenvalue weighted by Gasteiger charge is -2.26. The van der Waals surface area contributed by atoms with Gasteiger partial charge in [-0.3, -0.25) is 9.36 Å². The predicted octanol–water partition coefficient (Wildman–Crippen LogP) is 2.66. The summed E-state index contributed by atoms with van der Waals surface area (Å²) in [4.78, 5) is 27.3. The van der Waals surface area contributed by atoms with Crippen LogP contribution in [0.1, 0.15) is 24.8 Å². The fourth-order valence-electron chi connectivity index (χ4n) is 4.24. The van der Waals surface area contributed by atoms with Crippen molar-refractivity contribution in [2.75, 3.05) is 26.2 Å². The molecule has 1 saturated heterocycles. The number of amides is 1. The van der Waals surface area contributed by atoms with Crippen molar-refractivity contribution in [2.24, 2.45) is 0 Å². The van der Waals surface area contributed by atoms with E-state index in [1.807, 2.05) is 0 Å². The molecule has 0 unspecified atom stereocenters. The number of halogens is 3. The molecule has 0 saturated carbocycles. The summed E-state index contributed by atoms with van der Waals surface area (Å²) in [5.41, 5.74) is -2.03. The molecule has 1 aliphatic rings. The maximum atomic E-state index is 13.3. The first-order chi connectivity index (χ1) is 16.6. The molecule has 0 radical (unpaired) electrons. The third-order valence-electron chi connectivity index (χ3n) is 6.00. The fraction of sp³-hybridized carbons (Fsp3) is 0.391. The second-order valence-electron chi connectivity index (χ2n) is 8.40. The maximum Gasteiger partial charge on any atom is 0.416 e. The normalized spacial score (nSPS) is 15.4. The highest BCUT2D eigenvalue weighted by Crippen LogP contribution is 2.31. The molecule has 188 valence electrons. The number of para-hydroxylation sites is 2. The predicted molar refractivity (Wildman–Crippen MR) is 124 cm³/mol. The third kappa shape index (κ3) is 5.27. The number of aromatic nitrogens is 2. The zero-order chi connectivity index (χ0) is 25.2. The molecule has 1 N–H and O–H groups in total. The van der Waals surface area contributed by atoms with E-state index in [0.29, 0.717) is 23.1 Å². The van der Waals surface area contributed by atoms with Crippen molar-refractivity contribution in [3.63, 3.8) is 0 Å². The number of imidazole rings is 1. The first-order valence-corrected chi connectivity index (χ1v) is 12.7. The number of carbonyl (C=O) groups excluding carboxylic acids is 1. The Balaban J connectivity index is 1.63. The Bertz CT molecular complexity index is 1390. The largest absolute Gasteiger partial charge is 0.416 e. The van der Waals surface area contributed by atoms with Crippen molar-refractivity contribution in [2.45, 2.75) is 36.9 Å². The van der Waals surface area contributed by atoms with Crippen LogP contribution in [0.5, 0.6) is 0 Å². The quantitative estimate of drug-likeness (QED) is 0.528. The number of benzene rings is 2. The van der Waals surface area contributed by atoms with Gasteiger partial charge in [0.1, 0.15) is 6.54 Å². The molecule has 2 aromatic carbocycles. The average molecular weight is 511 g/mol. The molecule has 1 fully saturated rings. The maximum absolute atomic E-state index is 13.3. The number of hydrogen-bond acceptors (Lipinski definition) is 5. The molecule has 2 heterocycles. The first kappa shape index (κ1) is 25.0. The number of carbonyl (C=O) groups is 1. The molecule has 3 aromatic rings. The van der Waals surface area contributed by atoms with Crippen LogP contribution in [0.2, 0.25) is 0 Å². The number of piperidine rings is 1. The van der Waals surface area contributed by atoms with Gasteiger partial charge in [-0.25, -0.2) is 13.2 Å². The molecular formula is C23H25F3N4O4S. The van der Waals surface area contributed by atoms with E-state index in [1.54, 1.807) is 6.07 Å². The van der Waals surface area contributed by atoms with E-state index >= 15 is 0 Å². The van der Waals surface area contributed by atoms with E-state index in [1.165, 1.54) is 24.6 Å². The average Bonchev–Trinajstić information content (AvgIpc) is 3.11. The summed E-state index contributed by atoms with van der Waals surface area (Å²) >= 11 is 0. The fourth-order valence-corrected chi connectivity index (χ4v) is 5.69. The van der Waals surface area contributed by atoms with E-state index in [9.17, 15) is 31.2 Å². The highest BCUT2D eigenvalue weighted by Gasteiger charge is 2.33. The van der Waals surface area contributed by atoms with Crippen molar-refractivity contribution in [3.8, 4) is 0 Å². The highest BCUT2D eigenvalue weighted by molar-refractivity contribution is 7.90. The van der Waals surface area contributed by atoms with Crippen molar-refractivity contribution < 1.29 is 26.4 Å². The van der Waals surface area contributed by atoms with Crippen molar-refractivity contribution in [1.29, 1.82) is 0 Å². The van der Waals surface area contributed by atoms with Gasteiger partial charge in [0.25, 0.3) is 10.0 Å². The monoisotopic (exact) mass is 510 g/mol. The minimum atomic E-state index is -4.75. The summed E-state index contributed by atoms with van der Waals surface area (Å²) in [5.74, 6) is -0.469. The van der Waals surface area contributed by atoms with Crippen molar-refractivity contribution in [3.05, 3.63) is 64.6 Å². The second-order valence-corrected chi connectivity index (χ2v) is 10.2. The Morgan fingerprint density at radius 3 is 2.34 bits per heavy atom. The zero-order valence-corrected chi connectivity index (χ0v) is 19.6. The summed E-state index contributed by atoms with van der Waals surface area (Å²) in [7, 11) is -4.68. The summed E-state index contributed by atoms with van der Waals surface area (Å²) in [6, 6.07) is 9.13. The van der Waals surface area contributed by atoms with Gasteiger partial charge in [0, 0.05) is 13.1 Å². The minimum Gasteiger partial charge on any atom is -0.353 e. The summed E-state index contributed by atoms with van der Waals surface area (Å²) < 4.78 is 67.4. The number of hydrogen-bond donors (Lipinski definition) is 1. The van der Waals surface area contributed by atoms with Crippen LogP contribution in [-0.4, -0.2) is 53.9 Å². The molecule has 8 nitrogen and oxygen atoms in total. The lowest BCUT2D eigenvalue weighted by Crippen LogP contribution is -2.40. The Morgan fingerprint density at radius 2 is 1.66 bits per heavy atom. The topological polar surface area (TPSA) is 93.4 Å². The SMILES string of the molecule is O=C(Cn1c(=O)n(S(=O)(=O)c2cccc(C(F)(F)F)c2)c2ccccc21)NCCN1CCCCC1. The van der Waals surface area contributed by atoms with Crippen LogP contribution in [0.3, 0.4) is 0 Å². The molecule has 0 bridgehead atoms. The lowest BCUT2D eigenvalue weighted by atomic mass is 10.1. The van der Waals surface area contributed by atoms with Crippen LogP contribution in [-0.2, 0) is 27.5 Å². The van der Waals surface area contributed by atoms with Gasteiger partial charge in [-0.2, -0.15) is 17.1 Å². The number of alkyl halides is 3. The summed E-state index contributed by atoms with van der Waals surface area (Å²) in [6.07, 6.45) is -1.33. The zero-order valence-electron chi connectivity index (χ0n) is 18.8. The van der Waals surface area contributed by atoms with Gasteiger partial charge in [0.2, 0.25) is 5.91 Å². The molecule has 1 amide bonds. The number of likely N-dealkylation sites (tertiary alicyclic amines) is 1. The molecule has 1 aromatic heterocycles. The van der Waals surface area contributed by atoms with Crippen LogP contribution in [0.25, 0.3) is 11.0 Å². The Hall–Kier alpha value is -3.12. The smallest absolute Gasteiger partial charge is 0.353 e. The number of rotatable bonds is 7. The number of nitrogens with zero attached hydrogens (tertiary/aromatic N) is 3. The van der Waals surface area contributed by atoms with Gasteiger partial charge >= 0.3 is 11.9 Å². The van der Waals surface area contributed by atoms with E-state index in [-0.39, 0.29) is 11.0 Å². The minimum absolute atomic E-state index is 0.0315.